The molecule has 0 aromatic heterocycles. The van der Waals surface area contributed by atoms with E-state index in [0.29, 0.717) is 13.2 Å². The molecule has 0 spiro atoms. The topological polar surface area (TPSA) is 56.8 Å². The normalized spacial score (nSPS) is 16.9. The first kappa shape index (κ1) is 14.7. The van der Waals surface area contributed by atoms with Gasteiger partial charge in [-0.05, 0) is 31.5 Å². The van der Waals surface area contributed by atoms with Gasteiger partial charge in [0.2, 0.25) is 5.91 Å². The molecule has 0 aliphatic carbocycles. The second kappa shape index (κ2) is 6.61. The van der Waals surface area contributed by atoms with Crippen LogP contribution in [0.15, 0.2) is 18.2 Å². The third-order valence-corrected chi connectivity index (χ3v) is 3.35. The van der Waals surface area contributed by atoms with Crippen LogP contribution in [0.4, 0.5) is 0 Å². The second-order valence-corrected chi connectivity index (χ2v) is 4.86. The molecule has 0 bridgehead atoms. The summed E-state index contributed by atoms with van der Waals surface area (Å²) in [6.07, 6.45) is 0.416. The van der Waals surface area contributed by atoms with Gasteiger partial charge in [0.15, 0.2) is 11.5 Å². The Hall–Kier alpha value is -1.75. The van der Waals surface area contributed by atoms with Gasteiger partial charge in [-0.15, -0.1) is 0 Å². The summed E-state index contributed by atoms with van der Waals surface area (Å²) in [5.74, 6) is 1.36. The number of methoxy groups -OCH3 is 1. The van der Waals surface area contributed by atoms with Crippen molar-refractivity contribution in [2.45, 2.75) is 32.4 Å². The zero-order chi connectivity index (χ0) is 14.5. The highest BCUT2D eigenvalue weighted by molar-refractivity contribution is 5.80. The Bertz CT molecular complexity index is 475. The molecule has 0 saturated heterocycles. The molecule has 1 amide bonds. The van der Waals surface area contributed by atoms with Crippen molar-refractivity contribution in [2.75, 3.05) is 20.3 Å². The van der Waals surface area contributed by atoms with Crippen LogP contribution < -0.4 is 14.8 Å². The molecule has 0 unspecified atom stereocenters. The molecular weight excluding hydrogens is 258 g/mol. The minimum absolute atomic E-state index is 0.114. The first-order chi connectivity index (χ1) is 9.61. The Morgan fingerprint density at radius 1 is 1.25 bits per heavy atom. The van der Waals surface area contributed by atoms with E-state index in [1.165, 1.54) is 7.11 Å². The number of amides is 1. The maximum Gasteiger partial charge on any atom is 0.249 e. The van der Waals surface area contributed by atoms with Crippen molar-refractivity contribution in [1.29, 1.82) is 0 Å². The van der Waals surface area contributed by atoms with Crippen LogP contribution in [-0.4, -0.2) is 32.3 Å². The summed E-state index contributed by atoms with van der Waals surface area (Å²) in [6.45, 7) is 4.97. The van der Waals surface area contributed by atoms with E-state index in [1.54, 1.807) is 6.92 Å². The minimum Gasteiger partial charge on any atom is -0.490 e. The van der Waals surface area contributed by atoms with Gasteiger partial charge in [-0.3, -0.25) is 4.79 Å². The van der Waals surface area contributed by atoms with Crippen LogP contribution in [0.1, 0.15) is 31.9 Å². The SMILES string of the molecule is CO[C@H](C)C(=O)N[C@H](C)c1ccc2c(c1)OCCCO2. The van der Waals surface area contributed by atoms with Gasteiger partial charge < -0.3 is 19.5 Å². The largest absolute Gasteiger partial charge is 0.490 e. The molecule has 1 aromatic carbocycles. The minimum atomic E-state index is -0.460. The van der Waals surface area contributed by atoms with Crippen molar-refractivity contribution in [1.82, 2.24) is 5.32 Å². The molecule has 1 aliphatic heterocycles. The molecule has 5 heteroatoms. The predicted molar refractivity (Wildman–Crippen MR) is 75.1 cm³/mol. The van der Waals surface area contributed by atoms with E-state index in [0.717, 1.165) is 23.5 Å². The third-order valence-electron chi connectivity index (χ3n) is 3.35. The van der Waals surface area contributed by atoms with Gasteiger partial charge in [-0.25, -0.2) is 0 Å². The van der Waals surface area contributed by atoms with Crippen molar-refractivity contribution < 1.29 is 19.0 Å². The Balaban J connectivity index is 2.08. The monoisotopic (exact) mass is 279 g/mol. The van der Waals surface area contributed by atoms with Gasteiger partial charge in [0.1, 0.15) is 6.10 Å². The fraction of sp³-hybridized carbons (Fsp3) is 0.533. The van der Waals surface area contributed by atoms with Gasteiger partial charge in [0.25, 0.3) is 0 Å². The summed E-state index contributed by atoms with van der Waals surface area (Å²) in [6, 6.07) is 5.63. The van der Waals surface area contributed by atoms with Crippen LogP contribution in [0.2, 0.25) is 0 Å². The summed E-state index contributed by atoms with van der Waals surface area (Å²) in [7, 11) is 1.52. The van der Waals surface area contributed by atoms with Crippen LogP contribution in [0.25, 0.3) is 0 Å². The molecule has 20 heavy (non-hydrogen) atoms. The molecule has 1 aliphatic rings. The molecule has 2 rings (SSSR count). The zero-order valence-corrected chi connectivity index (χ0v) is 12.1. The predicted octanol–water partition coefficient (Wildman–Crippen LogP) is 2.06. The van der Waals surface area contributed by atoms with Crippen LogP contribution in [0, 0.1) is 0 Å². The molecule has 5 nitrogen and oxygen atoms in total. The first-order valence-electron chi connectivity index (χ1n) is 6.84. The van der Waals surface area contributed by atoms with E-state index in [9.17, 15) is 4.79 Å². The van der Waals surface area contributed by atoms with Crippen molar-refractivity contribution in [2.24, 2.45) is 0 Å². The molecule has 110 valence electrons. The fourth-order valence-electron chi connectivity index (χ4n) is 1.97. The van der Waals surface area contributed by atoms with Gasteiger partial charge in [-0.2, -0.15) is 0 Å². The number of rotatable bonds is 4. The molecule has 0 fully saturated rings. The number of carbonyl (C=O) groups is 1. The Morgan fingerprint density at radius 3 is 2.65 bits per heavy atom. The highest BCUT2D eigenvalue weighted by Gasteiger charge is 2.17. The Labute approximate surface area is 119 Å². The Kier molecular flexibility index (Phi) is 4.84. The fourth-order valence-corrected chi connectivity index (χ4v) is 1.97. The number of carbonyl (C=O) groups excluding carboxylic acids is 1. The smallest absolute Gasteiger partial charge is 0.249 e. The van der Waals surface area contributed by atoms with E-state index in [1.807, 2.05) is 25.1 Å². The van der Waals surface area contributed by atoms with Crippen molar-refractivity contribution >= 4 is 5.91 Å². The third kappa shape index (κ3) is 3.42. The van der Waals surface area contributed by atoms with Crippen molar-refractivity contribution in [3.05, 3.63) is 23.8 Å². The number of hydrogen-bond donors (Lipinski definition) is 1. The maximum atomic E-state index is 11.8. The van der Waals surface area contributed by atoms with Crippen molar-refractivity contribution in [3.63, 3.8) is 0 Å². The molecule has 0 radical (unpaired) electrons. The summed E-state index contributed by atoms with van der Waals surface area (Å²) in [5, 5.41) is 2.91. The number of benzene rings is 1. The van der Waals surface area contributed by atoms with Crippen molar-refractivity contribution in [3.8, 4) is 11.5 Å². The van der Waals surface area contributed by atoms with Gasteiger partial charge in [0, 0.05) is 13.5 Å². The maximum absolute atomic E-state index is 11.8. The average Bonchev–Trinajstić information content (AvgIpc) is 2.70. The summed E-state index contributed by atoms with van der Waals surface area (Å²) in [4.78, 5) is 11.8. The van der Waals surface area contributed by atoms with Crippen LogP contribution >= 0.6 is 0 Å². The molecule has 1 N–H and O–H groups in total. The van der Waals surface area contributed by atoms with E-state index in [-0.39, 0.29) is 11.9 Å². The summed E-state index contributed by atoms with van der Waals surface area (Å²) in [5.41, 5.74) is 0.978. The van der Waals surface area contributed by atoms with Crippen LogP contribution in [-0.2, 0) is 9.53 Å². The number of fused-ring (bicyclic) bond motifs is 1. The summed E-state index contributed by atoms with van der Waals surface area (Å²) < 4.78 is 16.2. The lowest BCUT2D eigenvalue weighted by Crippen LogP contribution is -2.35. The number of hydrogen-bond acceptors (Lipinski definition) is 4. The van der Waals surface area contributed by atoms with Gasteiger partial charge in [-0.1, -0.05) is 6.07 Å². The first-order valence-corrected chi connectivity index (χ1v) is 6.84. The lowest BCUT2D eigenvalue weighted by molar-refractivity contribution is -0.130. The van der Waals surface area contributed by atoms with Crippen LogP contribution in [0.3, 0.4) is 0 Å². The number of ether oxygens (including phenoxy) is 3. The molecule has 0 saturated carbocycles. The highest BCUT2D eigenvalue weighted by Crippen LogP contribution is 2.32. The van der Waals surface area contributed by atoms with Crippen LogP contribution in [0.5, 0.6) is 11.5 Å². The highest BCUT2D eigenvalue weighted by atomic mass is 16.5. The quantitative estimate of drug-likeness (QED) is 0.916. The lowest BCUT2D eigenvalue weighted by atomic mass is 10.1. The van der Waals surface area contributed by atoms with Gasteiger partial charge >= 0.3 is 0 Å². The molecule has 1 heterocycles. The average molecular weight is 279 g/mol. The van der Waals surface area contributed by atoms with E-state index >= 15 is 0 Å². The standard InChI is InChI=1S/C15H21NO4/c1-10(16-15(17)11(2)18-3)12-5-6-13-14(9-12)20-8-4-7-19-13/h5-6,9-11H,4,7-8H2,1-3H3,(H,16,17)/t10-,11-/m1/s1. The van der Waals surface area contributed by atoms with E-state index < -0.39 is 6.10 Å². The zero-order valence-electron chi connectivity index (χ0n) is 12.1. The van der Waals surface area contributed by atoms with E-state index in [2.05, 4.69) is 5.32 Å². The molecular formula is C15H21NO4. The molecule has 2 atom stereocenters. The lowest BCUT2D eigenvalue weighted by Gasteiger charge is -2.18. The second-order valence-electron chi connectivity index (χ2n) is 4.86. The summed E-state index contributed by atoms with van der Waals surface area (Å²) >= 11 is 0. The Morgan fingerprint density at radius 2 is 1.95 bits per heavy atom. The number of nitrogens with one attached hydrogen (secondary N) is 1. The van der Waals surface area contributed by atoms with E-state index in [4.69, 9.17) is 14.2 Å². The molecule has 1 aromatic rings. The van der Waals surface area contributed by atoms with Gasteiger partial charge in [0.05, 0.1) is 19.3 Å².